The van der Waals surface area contributed by atoms with Crippen molar-refractivity contribution in [3.8, 4) is 16.8 Å². The second-order valence-corrected chi connectivity index (χ2v) is 11.1. The van der Waals surface area contributed by atoms with Gasteiger partial charge in [0.2, 0.25) is 0 Å². The number of rotatable bonds is 1. The van der Waals surface area contributed by atoms with Crippen LogP contribution in [0.4, 0.5) is 0 Å². The summed E-state index contributed by atoms with van der Waals surface area (Å²) in [7, 11) is 0. The number of para-hydroxylation sites is 1. The van der Waals surface area contributed by atoms with E-state index in [4.69, 9.17) is 0 Å². The molecule has 0 unspecified atom stereocenters. The standard InChI is InChI=1S/C32H22N2S/c1-32(2)23-12-6-3-9-20(23)28-29(32)31-27(22-11-5-8-14-25(22)35-31)26-21-10-4-7-13-24(21)34(30(26)28)19-15-17-33-18-16-19/h3-18H,1-2H3. The van der Waals surface area contributed by atoms with Crippen LogP contribution in [-0.2, 0) is 5.41 Å². The Kier molecular flexibility index (Phi) is 3.64. The van der Waals surface area contributed by atoms with Crippen LogP contribution < -0.4 is 0 Å². The Morgan fingerprint density at radius 3 is 2.31 bits per heavy atom. The van der Waals surface area contributed by atoms with Crippen LogP contribution in [0.5, 0.6) is 0 Å². The van der Waals surface area contributed by atoms with E-state index in [0.717, 1.165) is 5.69 Å². The number of thiophene rings is 1. The predicted molar refractivity (Wildman–Crippen MR) is 149 cm³/mol. The van der Waals surface area contributed by atoms with E-state index < -0.39 is 0 Å². The second-order valence-electron chi connectivity index (χ2n) is 10.0. The molecule has 0 spiro atoms. The first-order chi connectivity index (χ1) is 17.2. The lowest BCUT2D eigenvalue weighted by Crippen LogP contribution is -2.15. The molecule has 166 valence electrons. The van der Waals surface area contributed by atoms with Gasteiger partial charge in [-0.3, -0.25) is 4.98 Å². The van der Waals surface area contributed by atoms with E-state index in [2.05, 4.69) is 108 Å². The number of hydrogen-bond donors (Lipinski definition) is 0. The maximum atomic E-state index is 4.32. The molecule has 0 fully saturated rings. The molecule has 0 saturated carbocycles. The topological polar surface area (TPSA) is 17.8 Å². The first-order valence-electron chi connectivity index (χ1n) is 12.1. The molecule has 1 aliphatic carbocycles. The van der Waals surface area contributed by atoms with Crippen LogP contribution in [0.15, 0.2) is 97.3 Å². The minimum atomic E-state index is -0.0846. The Hall–Kier alpha value is -3.95. The van der Waals surface area contributed by atoms with E-state index in [9.17, 15) is 0 Å². The Labute approximate surface area is 207 Å². The SMILES string of the molecule is CC1(C)c2ccccc2-c2c1c1sc3ccccc3c1c1c3ccccc3n(-c3ccncc3)c21. The second kappa shape index (κ2) is 6.59. The number of fused-ring (bicyclic) bond motifs is 12. The molecule has 35 heavy (non-hydrogen) atoms. The fraction of sp³-hybridized carbons (Fsp3) is 0.0938. The summed E-state index contributed by atoms with van der Waals surface area (Å²) in [5, 5.41) is 5.41. The van der Waals surface area contributed by atoms with E-state index in [1.807, 2.05) is 23.7 Å². The summed E-state index contributed by atoms with van der Waals surface area (Å²) < 4.78 is 5.24. The first kappa shape index (κ1) is 19.4. The minimum Gasteiger partial charge on any atom is -0.308 e. The highest BCUT2D eigenvalue weighted by Gasteiger charge is 2.40. The van der Waals surface area contributed by atoms with Gasteiger partial charge in [-0.15, -0.1) is 11.3 Å². The van der Waals surface area contributed by atoms with Gasteiger partial charge in [0.05, 0.1) is 11.0 Å². The molecule has 0 saturated heterocycles. The number of hydrogen-bond acceptors (Lipinski definition) is 2. The van der Waals surface area contributed by atoms with Crippen molar-refractivity contribution >= 4 is 53.3 Å². The van der Waals surface area contributed by atoms with Gasteiger partial charge in [-0.2, -0.15) is 0 Å². The van der Waals surface area contributed by atoms with Crippen LogP contribution in [-0.4, -0.2) is 9.55 Å². The molecule has 0 bridgehead atoms. The van der Waals surface area contributed by atoms with Crippen molar-refractivity contribution in [2.45, 2.75) is 19.3 Å². The summed E-state index contributed by atoms with van der Waals surface area (Å²) in [6.07, 6.45) is 3.79. The lowest BCUT2D eigenvalue weighted by Gasteiger charge is -2.22. The van der Waals surface area contributed by atoms with Crippen molar-refractivity contribution in [2.24, 2.45) is 0 Å². The molecule has 3 heterocycles. The maximum absolute atomic E-state index is 4.32. The molecule has 4 aromatic carbocycles. The van der Waals surface area contributed by atoms with Gasteiger partial charge in [-0.25, -0.2) is 0 Å². The van der Waals surface area contributed by atoms with E-state index in [-0.39, 0.29) is 5.41 Å². The summed E-state index contributed by atoms with van der Waals surface area (Å²) >= 11 is 1.95. The zero-order valence-electron chi connectivity index (χ0n) is 19.5. The summed E-state index contributed by atoms with van der Waals surface area (Å²) in [5.74, 6) is 0. The molecule has 3 heteroatoms. The molecule has 2 nitrogen and oxygen atoms in total. The molecule has 0 N–H and O–H groups in total. The fourth-order valence-corrected chi connectivity index (χ4v) is 7.85. The van der Waals surface area contributed by atoms with Crippen molar-refractivity contribution in [2.75, 3.05) is 0 Å². The molecular formula is C32H22N2S. The van der Waals surface area contributed by atoms with E-state index in [1.165, 1.54) is 64.2 Å². The summed E-state index contributed by atoms with van der Waals surface area (Å²) in [6, 6.07) is 31.0. The molecule has 0 aliphatic heterocycles. The Morgan fingerprint density at radius 1 is 0.743 bits per heavy atom. The molecular weight excluding hydrogens is 444 g/mol. The molecule has 1 aliphatic rings. The van der Waals surface area contributed by atoms with Crippen LogP contribution >= 0.6 is 11.3 Å². The number of pyridine rings is 1. The quantitative estimate of drug-likeness (QED) is 0.236. The van der Waals surface area contributed by atoms with E-state index in [0.29, 0.717) is 0 Å². The first-order valence-corrected chi connectivity index (χ1v) is 12.9. The van der Waals surface area contributed by atoms with Gasteiger partial charge >= 0.3 is 0 Å². The summed E-state index contributed by atoms with van der Waals surface area (Å²) in [4.78, 5) is 4.32. The molecule has 0 amide bonds. The van der Waals surface area contributed by atoms with Gasteiger partial charge < -0.3 is 4.57 Å². The lowest BCUT2D eigenvalue weighted by atomic mass is 9.81. The average Bonchev–Trinajstić information content (AvgIpc) is 3.51. The van der Waals surface area contributed by atoms with Crippen molar-refractivity contribution in [3.63, 3.8) is 0 Å². The normalized spacial score (nSPS) is 14.2. The smallest absolute Gasteiger partial charge is 0.0630 e. The Balaban J connectivity index is 1.77. The summed E-state index contributed by atoms with van der Waals surface area (Å²) in [6.45, 7) is 4.79. The van der Waals surface area contributed by atoms with Gasteiger partial charge in [0, 0.05) is 60.0 Å². The van der Waals surface area contributed by atoms with Gasteiger partial charge in [0.15, 0.2) is 0 Å². The summed E-state index contributed by atoms with van der Waals surface area (Å²) in [5.41, 5.74) is 9.21. The third-order valence-corrected chi connectivity index (χ3v) is 9.04. The van der Waals surface area contributed by atoms with Gasteiger partial charge in [0.25, 0.3) is 0 Å². The molecule has 3 aromatic heterocycles. The highest BCUT2D eigenvalue weighted by atomic mass is 32.1. The van der Waals surface area contributed by atoms with Crippen molar-refractivity contribution in [3.05, 3.63) is 108 Å². The minimum absolute atomic E-state index is 0.0846. The monoisotopic (exact) mass is 466 g/mol. The van der Waals surface area contributed by atoms with E-state index >= 15 is 0 Å². The largest absolute Gasteiger partial charge is 0.308 e. The van der Waals surface area contributed by atoms with Crippen molar-refractivity contribution in [1.82, 2.24) is 9.55 Å². The number of benzene rings is 4. The third kappa shape index (κ3) is 2.32. The van der Waals surface area contributed by atoms with Gasteiger partial charge in [-0.05, 0) is 41.0 Å². The van der Waals surface area contributed by atoms with Crippen LogP contribution in [0.25, 0.3) is 58.8 Å². The lowest BCUT2D eigenvalue weighted by molar-refractivity contribution is 0.667. The highest BCUT2D eigenvalue weighted by molar-refractivity contribution is 7.26. The maximum Gasteiger partial charge on any atom is 0.0630 e. The van der Waals surface area contributed by atoms with Gasteiger partial charge in [0.1, 0.15) is 0 Å². The van der Waals surface area contributed by atoms with E-state index in [1.54, 1.807) is 0 Å². The van der Waals surface area contributed by atoms with Crippen LogP contribution in [0.1, 0.15) is 25.0 Å². The fourth-order valence-electron chi connectivity index (χ4n) is 6.43. The third-order valence-electron chi connectivity index (χ3n) is 7.85. The Morgan fingerprint density at radius 2 is 1.46 bits per heavy atom. The zero-order chi connectivity index (χ0) is 23.3. The van der Waals surface area contributed by atoms with Crippen molar-refractivity contribution < 1.29 is 0 Å². The molecule has 0 atom stereocenters. The number of aromatic nitrogens is 2. The highest BCUT2D eigenvalue weighted by Crippen LogP contribution is 2.58. The van der Waals surface area contributed by atoms with Crippen LogP contribution in [0, 0.1) is 0 Å². The number of nitrogens with zero attached hydrogens (tertiary/aromatic N) is 2. The predicted octanol–water partition coefficient (Wildman–Crippen LogP) is 8.85. The zero-order valence-corrected chi connectivity index (χ0v) is 20.4. The molecule has 8 rings (SSSR count). The molecule has 7 aromatic rings. The Bertz CT molecular complexity index is 1970. The van der Waals surface area contributed by atoms with Gasteiger partial charge in [-0.1, -0.05) is 74.5 Å². The average molecular weight is 467 g/mol. The van der Waals surface area contributed by atoms with Crippen LogP contribution in [0.2, 0.25) is 0 Å². The molecule has 0 radical (unpaired) electrons. The van der Waals surface area contributed by atoms with Crippen LogP contribution in [0.3, 0.4) is 0 Å². The van der Waals surface area contributed by atoms with Crippen molar-refractivity contribution in [1.29, 1.82) is 0 Å².